The molecule has 1 aromatic heterocycles. The van der Waals surface area contributed by atoms with E-state index in [-0.39, 0.29) is 0 Å². The maximum absolute atomic E-state index is 9.90. The maximum atomic E-state index is 9.90. The molecule has 2 aromatic rings. The summed E-state index contributed by atoms with van der Waals surface area (Å²) in [4.78, 5) is 13.7. The van der Waals surface area contributed by atoms with Gasteiger partial charge in [-0.25, -0.2) is 9.97 Å². The van der Waals surface area contributed by atoms with Crippen molar-refractivity contribution in [3.05, 3.63) is 23.8 Å². The Morgan fingerprint density at radius 2 is 1.78 bits per heavy atom. The zero-order chi connectivity index (χ0) is 19.4. The summed E-state index contributed by atoms with van der Waals surface area (Å²) < 4.78 is 10.7. The van der Waals surface area contributed by atoms with Crippen LogP contribution in [0, 0.1) is 11.3 Å². The standard InChI is InChI=1S/C19H23N5O2S/c1-23-7-9-24(10-8-23)18-14(12-20)17(21-19(22-18)27-4)13-5-6-15(25-2)16(11-13)26-3/h5-6,11H,7-10H2,1-4H3. The first-order chi connectivity index (χ1) is 13.1. The first kappa shape index (κ1) is 19.3. The molecule has 0 unspecified atom stereocenters. The SMILES string of the molecule is COc1ccc(-c2nc(SC)nc(N3CCN(C)CC3)c2C#N)cc1OC. The Morgan fingerprint density at radius 1 is 1.07 bits per heavy atom. The van der Waals surface area contributed by atoms with Gasteiger partial charge in [-0.2, -0.15) is 5.26 Å². The van der Waals surface area contributed by atoms with Crippen molar-refractivity contribution in [1.29, 1.82) is 5.26 Å². The molecule has 0 N–H and O–H groups in total. The van der Waals surface area contributed by atoms with Crippen LogP contribution in [0.4, 0.5) is 5.82 Å². The van der Waals surface area contributed by atoms with Gasteiger partial charge in [0.15, 0.2) is 22.5 Å². The molecule has 0 saturated carbocycles. The molecular weight excluding hydrogens is 362 g/mol. The molecule has 0 bridgehead atoms. The van der Waals surface area contributed by atoms with Crippen LogP contribution in [0.1, 0.15) is 5.56 Å². The molecule has 1 aliphatic heterocycles. The molecule has 3 rings (SSSR count). The van der Waals surface area contributed by atoms with E-state index in [2.05, 4.69) is 32.9 Å². The summed E-state index contributed by atoms with van der Waals surface area (Å²) in [6.07, 6.45) is 1.94. The normalized spacial score (nSPS) is 14.7. The van der Waals surface area contributed by atoms with Crippen molar-refractivity contribution in [2.75, 3.05) is 58.6 Å². The van der Waals surface area contributed by atoms with Gasteiger partial charge in [-0.1, -0.05) is 11.8 Å². The smallest absolute Gasteiger partial charge is 0.189 e. The Balaban J connectivity index is 2.12. The predicted octanol–water partition coefficient (Wildman–Crippen LogP) is 2.51. The van der Waals surface area contributed by atoms with E-state index in [1.807, 2.05) is 24.5 Å². The summed E-state index contributed by atoms with van der Waals surface area (Å²) in [5.74, 6) is 1.94. The number of nitrogens with zero attached hydrogens (tertiary/aromatic N) is 5. The Hall–Kier alpha value is -2.50. The van der Waals surface area contributed by atoms with Crippen molar-refractivity contribution in [2.24, 2.45) is 0 Å². The van der Waals surface area contributed by atoms with E-state index in [9.17, 15) is 5.26 Å². The van der Waals surface area contributed by atoms with Gasteiger partial charge in [-0.05, 0) is 31.5 Å². The molecule has 0 amide bonds. The van der Waals surface area contributed by atoms with Gasteiger partial charge in [0.2, 0.25) is 0 Å². The third-order valence-electron chi connectivity index (χ3n) is 4.62. The number of likely N-dealkylation sites (N-methyl/N-ethyl adjacent to an activating group) is 1. The molecule has 1 aliphatic rings. The quantitative estimate of drug-likeness (QED) is 0.574. The number of hydrogen-bond donors (Lipinski definition) is 0. The Kier molecular flexibility index (Phi) is 6.04. The Labute approximate surface area is 163 Å². The van der Waals surface area contributed by atoms with E-state index in [0.29, 0.717) is 33.7 Å². The maximum Gasteiger partial charge on any atom is 0.189 e. The number of aromatic nitrogens is 2. The third kappa shape index (κ3) is 3.94. The van der Waals surface area contributed by atoms with Crippen molar-refractivity contribution in [3.8, 4) is 28.8 Å². The lowest BCUT2D eigenvalue weighted by atomic mass is 10.1. The summed E-state index contributed by atoms with van der Waals surface area (Å²) in [5.41, 5.74) is 1.91. The van der Waals surface area contributed by atoms with Gasteiger partial charge in [0.25, 0.3) is 0 Å². The number of rotatable bonds is 5. The van der Waals surface area contributed by atoms with Crippen molar-refractivity contribution in [3.63, 3.8) is 0 Å². The first-order valence-electron chi connectivity index (χ1n) is 8.63. The van der Waals surface area contributed by atoms with Gasteiger partial charge in [0.1, 0.15) is 11.6 Å². The number of anilines is 1. The second-order valence-electron chi connectivity index (χ2n) is 6.23. The molecule has 2 heterocycles. The van der Waals surface area contributed by atoms with Gasteiger partial charge in [0.05, 0.1) is 19.9 Å². The van der Waals surface area contributed by atoms with Crippen molar-refractivity contribution >= 4 is 17.6 Å². The molecule has 0 radical (unpaired) electrons. The molecule has 1 saturated heterocycles. The van der Waals surface area contributed by atoms with Gasteiger partial charge in [-0.3, -0.25) is 0 Å². The lowest BCUT2D eigenvalue weighted by Crippen LogP contribution is -2.45. The molecule has 0 spiro atoms. The van der Waals surface area contributed by atoms with Crippen molar-refractivity contribution in [1.82, 2.24) is 14.9 Å². The van der Waals surface area contributed by atoms with Crippen LogP contribution < -0.4 is 14.4 Å². The summed E-state index contributed by atoms with van der Waals surface area (Å²) in [7, 11) is 5.29. The summed E-state index contributed by atoms with van der Waals surface area (Å²) in [6.45, 7) is 3.55. The molecular formula is C19H23N5O2S. The number of benzene rings is 1. The molecule has 7 nitrogen and oxygen atoms in total. The van der Waals surface area contributed by atoms with Crippen LogP contribution in [-0.4, -0.2) is 68.6 Å². The van der Waals surface area contributed by atoms with E-state index in [0.717, 1.165) is 31.7 Å². The van der Waals surface area contributed by atoms with Crippen LogP contribution in [0.2, 0.25) is 0 Å². The first-order valence-corrected chi connectivity index (χ1v) is 9.85. The second kappa shape index (κ2) is 8.46. The molecule has 1 aromatic carbocycles. The fourth-order valence-electron chi connectivity index (χ4n) is 3.06. The fraction of sp³-hybridized carbons (Fsp3) is 0.421. The monoisotopic (exact) mass is 385 g/mol. The average Bonchev–Trinajstić information content (AvgIpc) is 2.72. The van der Waals surface area contributed by atoms with Crippen LogP contribution in [-0.2, 0) is 0 Å². The lowest BCUT2D eigenvalue weighted by molar-refractivity contribution is 0.311. The number of thioether (sulfide) groups is 1. The van der Waals surface area contributed by atoms with Gasteiger partial charge >= 0.3 is 0 Å². The van der Waals surface area contributed by atoms with Crippen LogP contribution in [0.15, 0.2) is 23.4 Å². The van der Waals surface area contributed by atoms with E-state index in [1.54, 1.807) is 14.2 Å². The van der Waals surface area contributed by atoms with Crippen molar-refractivity contribution < 1.29 is 9.47 Å². The summed E-state index contributed by atoms with van der Waals surface area (Å²) in [6, 6.07) is 7.89. The third-order valence-corrected chi connectivity index (χ3v) is 5.17. The zero-order valence-corrected chi connectivity index (χ0v) is 16.8. The number of methoxy groups -OCH3 is 2. The zero-order valence-electron chi connectivity index (χ0n) is 16.0. The van der Waals surface area contributed by atoms with E-state index in [4.69, 9.17) is 9.47 Å². The van der Waals surface area contributed by atoms with E-state index in [1.165, 1.54) is 11.8 Å². The Bertz CT molecular complexity index is 860. The van der Waals surface area contributed by atoms with Crippen LogP contribution in [0.3, 0.4) is 0 Å². The molecule has 1 fully saturated rings. The Morgan fingerprint density at radius 3 is 2.37 bits per heavy atom. The molecule has 142 valence electrons. The number of hydrogen-bond acceptors (Lipinski definition) is 8. The minimum atomic E-state index is 0.490. The number of piperazine rings is 1. The lowest BCUT2D eigenvalue weighted by Gasteiger charge is -2.33. The second-order valence-corrected chi connectivity index (χ2v) is 7.00. The fourth-order valence-corrected chi connectivity index (χ4v) is 3.42. The highest BCUT2D eigenvalue weighted by molar-refractivity contribution is 7.98. The van der Waals surface area contributed by atoms with E-state index < -0.39 is 0 Å². The molecule has 0 atom stereocenters. The predicted molar refractivity (Wildman–Crippen MR) is 107 cm³/mol. The largest absolute Gasteiger partial charge is 0.493 e. The topological polar surface area (TPSA) is 74.5 Å². The number of nitriles is 1. The van der Waals surface area contributed by atoms with Crippen LogP contribution in [0.25, 0.3) is 11.3 Å². The van der Waals surface area contributed by atoms with Crippen LogP contribution in [0.5, 0.6) is 11.5 Å². The number of ether oxygens (including phenoxy) is 2. The average molecular weight is 385 g/mol. The molecule has 0 aliphatic carbocycles. The summed E-state index contributed by atoms with van der Waals surface area (Å²) in [5, 5.41) is 10.6. The van der Waals surface area contributed by atoms with Crippen molar-refractivity contribution in [2.45, 2.75) is 5.16 Å². The minimum absolute atomic E-state index is 0.490. The van der Waals surface area contributed by atoms with Gasteiger partial charge in [-0.15, -0.1) is 0 Å². The van der Waals surface area contributed by atoms with Crippen LogP contribution >= 0.6 is 11.8 Å². The van der Waals surface area contributed by atoms with E-state index >= 15 is 0 Å². The highest BCUT2D eigenvalue weighted by Crippen LogP contribution is 2.35. The van der Waals surface area contributed by atoms with Gasteiger partial charge in [0, 0.05) is 31.7 Å². The van der Waals surface area contributed by atoms with Gasteiger partial charge < -0.3 is 19.3 Å². The highest BCUT2D eigenvalue weighted by atomic mass is 32.2. The molecule has 27 heavy (non-hydrogen) atoms. The highest BCUT2D eigenvalue weighted by Gasteiger charge is 2.23. The minimum Gasteiger partial charge on any atom is -0.493 e. The summed E-state index contributed by atoms with van der Waals surface area (Å²) >= 11 is 1.47. The molecule has 8 heteroatoms.